The Morgan fingerprint density at radius 2 is 1.93 bits per heavy atom. The van der Waals surface area contributed by atoms with Crippen molar-refractivity contribution in [3.8, 4) is 0 Å². The van der Waals surface area contributed by atoms with Crippen LogP contribution in [0.1, 0.15) is 17.2 Å². The lowest BCUT2D eigenvalue weighted by atomic mass is 9.95. The van der Waals surface area contributed by atoms with Gasteiger partial charge in [-0.15, -0.1) is 13.2 Å². The molecule has 0 fully saturated rings. The van der Waals surface area contributed by atoms with Gasteiger partial charge in [0, 0.05) is 5.92 Å². The van der Waals surface area contributed by atoms with Crippen molar-refractivity contribution in [1.82, 2.24) is 0 Å². The summed E-state index contributed by atoms with van der Waals surface area (Å²) in [4.78, 5) is 0. The standard InChI is InChI=1S/C13H16O/c1-4-11(5-2)13(14)12-8-6-7-10(3)9-12/h4-9,11,13-14H,1-2H2,3H3. The van der Waals surface area contributed by atoms with Crippen molar-refractivity contribution in [3.05, 3.63) is 60.7 Å². The van der Waals surface area contributed by atoms with Crippen LogP contribution in [0.3, 0.4) is 0 Å². The molecule has 0 spiro atoms. The average Bonchev–Trinajstić information content (AvgIpc) is 2.19. The minimum Gasteiger partial charge on any atom is -0.387 e. The Balaban J connectivity index is 2.92. The van der Waals surface area contributed by atoms with Crippen LogP contribution in [0, 0.1) is 12.8 Å². The maximum absolute atomic E-state index is 9.96. The topological polar surface area (TPSA) is 20.2 Å². The Hall–Kier alpha value is -1.34. The van der Waals surface area contributed by atoms with E-state index in [0.717, 1.165) is 11.1 Å². The number of hydrogen-bond donors (Lipinski definition) is 1. The SMILES string of the molecule is C=CC(C=C)C(O)c1cccc(C)c1. The minimum absolute atomic E-state index is 0.0863. The molecule has 1 rings (SSSR count). The molecule has 0 saturated heterocycles. The third-order valence-electron chi connectivity index (χ3n) is 2.29. The van der Waals surface area contributed by atoms with Gasteiger partial charge in [-0.3, -0.25) is 0 Å². The Morgan fingerprint density at radius 3 is 2.43 bits per heavy atom. The van der Waals surface area contributed by atoms with E-state index in [0.29, 0.717) is 0 Å². The molecule has 0 aliphatic carbocycles. The Bertz CT molecular complexity index is 320. The first kappa shape index (κ1) is 10.7. The quantitative estimate of drug-likeness (QED) is 0.720. The molecule has 0 aliphatic heterocycles. The molecule has 0 amide bonds. The van der Waals surface area contributed by atoms with E-state index in [1.165, 1.54) is 0 Å². The summed E-state index contributed by atoms with van der Waals surface area (Å²) in [5.74, 6) is -0.0863. The molecule has 74 valence electrons. The summed E-state index contributed by atoms with van der Waals surface area (Å²) >= 11 is 0. The zero-order valence-electron chi connectivity index (χ0n) is 8.48. The first-order valence-electron chi connectivity index (χ1n) is 4.68. The van der Waals surface area contributed by atoms with Crippen LogP contribution in [0.5, 0.6) is 0 Å². The first-order chi connectivity index (χ1) is 6.69. The molecule has 1 atom stereocenters. The van der Waals surface area contributed by atoms with Gasteiger partial charge in [-0.25, -0.2) is 0 Å². The van der Waals surface area contributed by atoms with E-state index >= 15 is 0 Å². The Kier molecular flexibility index (Phi) is 3.66. The fourth-order valence-corrected chi connectivity index (χ4v) is 1.43. The molecule has 0 bridgehead atoms. The molecule has 1 N–H and O–H groups in total. The zero-order chi connectivity index (χ0) is 10.6. The predicted octanol–water partition coefficient (Wildman–Crippen LogP) is 3.02. The van der Waals surface area contributed by atoms with Gasteiger partial charge in [-0.2, -0.15) is 0 Å². The maximum atomic E-state index is 9.96. The molecule has 1 aromatic rings. The highest BCUT2D eigenvalue weighted by molar-refractivity contribution is 5.26. The Labute approximate surface area is 85.4 Å². The maximum Gasteiger partial charge on any atom is 0.0887 e. The van der Waals surface area contributed by atoms with Crippen molar-refractivity contribution in [2.75, 3.05) is 0 Å². The normalized spacial score (nSPS) is 12.5. The third-order valence-corrected chi connectivity index (χ3v) is 2.29. The van der Waals surface area contributed by atoms with Gasteiger partial charge in [0.15, 0.2) is 0 Å². The van der Waals surface area contributed by atoms with Gasteiger partial charge in [0.2, 0.25) is 0 Å². The predicted molar refractivity (Wildman–Crippen MR) is 60.0 cm³/mol. The highest BCUT2D eigenvalue weighted by Crippen LogP contribution is 2.24. The lowest BCUT2D eigenvalue weighted by Crippen LogP contribution is -2.07. The molecular weight excluding hydrogens is 172 g/mol. The van der Waals surface area contributed by atoms with Crippen molar-refractivity contribution in [2.24, 2.45) is 5.92 Å². The van der Waals surface area contributed by atoms with Crippen LogP contribution in [0.2, 0.25) is 0 Å². The van der Waals surface area contributed by atoms with Crippen LogP contribution >= 0.6 is 0 Å². The Morgan fingerprint density at radius 1 is 1.29 bits per heavy atom. The zero-order valence-corrected chi connectivity index (χ0v) is 8.48. The van der Waals surface area contributed by atoms with Crippen molar-refractivity contribution in [2.45, 2.75) is 13.0 Å². The van der Waals surface area contributed by atoms with Crippen LogP contribution in [0.4, 0.5) is 0 Å². The van der Waals surface area contributed by atoms with Crippen LogP contribution in [-0.4, -0.2) is 5.11 Å². The summed E-state index contributed by atoms with van der Waals surface area (Å²) in [6.07, 6.45) is 2.88. The van der Waals surface area contributed by atoms with E-state index in [1.807, 2.05) is 31.2 Å². The summed E-state index contributed by atoms with van der Waals surface area (Å²) in [5.41, 5.74) is 2.06. The summed E-state index contributed by atoms with van der Waals surface area (Å²) in [7, 11) is 0. The number of aryl methyl sites for hydroxylation is 1. The van der Waals surface area contributed by atoms with E-state index in [4.69, 9.17) is 0 Å². The molecule has 0 radical (unpaired) electrons. The number of hydrogen-bond acceptors (Lipinski definition) is 1. The lowest BCUT2D eigenvalue weighted by molar-refractivity contribution is 0.151. The fraction of sp³-hybridized carbons (Fsp3) is 0.231. The second kappa shape index (κ2) is 4.77. The number of aliphatic hydroxyl groups excluding tert-OH is 1. The molecule has 1 unspecified atom stereocenters. The minimum atomic E-state index is -0.537. The smallest absolute Gasteiger partial charge is 0.0887 e. The van der Waals surface area contributed by atoms with E-state index in [-0.39, 0.29) is 5.92 Å². The van der Waals surface area contributed by atoms with E-state index in [9.17, 15) is 5.11 Å². The van der Waals surface area contributed by atoms with Gasteiger partial charge in [0.05, 0.1) is 6.10 Å². The van der Waals surface area contributed by atoms with Crippen LogP contribution < -0.4 is 0 Å². The lowest BCUT2D eigenvalue weighted by Gasteiger charge is -2.16. The van der Waals surface area contributed by atoms with Gasteiger partial charge in [-0.05, 0) is 12.5 Å². The fourth-order valence-electron chi connectivity index (χ4n) is 1.43. The summed E-state index contributed by atoms with van der Waals surface area (Å²) in [6.45, 7) is 9.35. The van der Waals surface area contributed by atoms with Gasteiger partial charge in [-0.1, -0.05) is 42.0 Å². The molecule has 1 heteroatoms. The summed E-state index contributed by atoms with van der Waals surface area (Å²) < 4.78 is 0. The van der Waals surface area contributed by atoms with Crippen LogP contribution in [0.15, 0.2) is 49.6 Å². The van der Waals surface area contributed by atoms with Crippen LogP contribution in [-0.2, 0) is 0 Å². The molecule has 14 heavy (non-hydrogen) atoms. The summed E-state index contributed by atoms with van der Waals surface area (Å²) in [6, 6.07) is 7.84. The number of aliphatic hydroxyl groups is 1. The van der Waals surface area contributed by atoms with Crippen LogP contribution in [0.25, 0.3) is 0 Å². The van der Waals surface area contributed by atoms with Crippen molar-refractivity contribution in [1.29, 1.82) is 0 Å². The first-order valence-corrected chi connectivity index (χ1v) is 4.68. The molecule has 0 heterocycles. The van der Waals surface area contributed by atoms with Crippen molar-refractivity contribution >= 4 is 0 Å². The van der Waals surface area contributed by atoms with Gasteiger partial charge in [0.25, 0.3) is 0 Å². The van der Waals surface area contributed by atoms with Gasteiger partial charge >= 0.3 is 0 Å². The van der Waals surface area contributed by atoms with Gasteiger partial charge < -0.3 is 5.11 Å². The van der Waals surface area contributed by atoms with Crippen molar-refractivity contribution < 1.29 is 5.11 Å². The molecule has 0 saturated carbocycles. The van der Waals surface area contributed by atoms with E-state index in [1.54, 1.807) is 12.2 Å². The molecule has 1 nitrogen and oxygen atoms in total. The van der Waals surface area contributed by atoms with E-state index in [2.05, 4.69) is 13.2 Å². The molecule has 1 aromatic carbocycles. The average molecular weight is 188 g/mol. The van der Waals surface area contributed by atoms with Gasteiger partial charge in [0.1, 0.15) is 0 Å². The summed E-state index contributed by atoms with van der Waals surface area (Å²) in [5, 5.41) is 9.96. The molecular formula is C13H16O. The molecule has 0 aliphatic rings. The number of benzene rings is 1. The highest BCUT2D eigenvalue weighted by atomic mass is 16.3. The molecule has 0 aromatic heterocycles. The largest absolute Gasteiger partial charge is 0.387 e. The second-order valence-electron chi connectivity index (χ2n) is 3.41. The van der Waals surface area contributed by atoms with Crippen molar-refractivity contribution in [3.63, 3.8) is 0 Å². The highest BCUT2D eigenvalue weighted by Gasteiger charge is 2.14. The van der Waals surface area contributed by atoms with E-state index < -0.39 is 6.10 Å². The number of rotatable bonds is 4. The third kappa shape index (κ3) is 2.33. The second-order valence-corrected chi connectivity index (χ2v) is 3.41. The monoisotopic (exact) mass is 188 g/mol.